The fourth-order valence-electron chi connectivity index (χ4n) is 7.13. The molecule has 0 radical (unpaired) electrons. The molecule has 3 heteroatoms. The Bertz CT molecular complexity index is 2460. The van der Waals surface area contributed by atoms with Gasteiger partial charge in [-0.2, -0.15) is 0 Å². The molecule has 0 unspecified atom stereocenters. The number of allylic oxidation sites excluding steroid dienone is 3. The van der Waals surface area contributed by atoms with E-state index in [-0.39, 0.29) is 0 Å². The van der Waals surface area contributed by atoms with E-state index in [2.05, 4.69) is 204 Å². The van der Waals surface area contributed by atoms with Gasteiger partial charge in [-0.15, -0.1) is 0 Å². The van der Waals surface area contributed by atoms with Crippen molar-refractivity contribution in [1.82, 2.24) is 0 Å². The first kappa shape index (κ1) is 30.5. The van der Waals surface area contributed by atoms with Gasteiger partial charge in [0.25, 0.3) is 0 Å². The average molecular weight is 657 g/mol. The lowest BCUT2D eigenvalue weighted by atomic mass is 9.99. The van der Waals surface area contributed by atoms with E-state index in [0.29, 0.717) is 0 Å². The summed E-state index contributed by atoms with van der Waals surface area (Å²) in [6.45, 7) is 0. The third-order valence-electron chi connectivity index (χ3n) is 9.66. The van der Waals surface area contributed by atoms with Crippen LogP contribution in [-0.4, -0.2) is 0 Å². The normalized spacial score (nSPS) is 12.6. The summed E-state index contributed by atoms with van der Waals surface area (Å²) in [5.74, 6) is 0. The smallest absolute Gasteiger partial charge is 0.135 e. The van der Waals surface area contributed by atoms with Crippen LogP contribution in [0, 0.1) is 0 Å². The van der Waals surface area contributed by atoms with Crippen LogP contribution in [0.15, 0.2) is 204 Å². The summed E-state index contributed by atoms with van der Waals surface area (Å²) in [6.07, 6.45) is 8.96. The summed E-state index contributed by atoms with van der Waals surface area (Å²) in [5.41, 5.74) is 13.3. The van der Waals surface area contributed by atoms with E-state index in [1.165, 1.54) is 11.3 Å². The maximum Gasteiger partial charge on any atom is 0.135 e. The van der Waals surface area contributed by atoms with Crippen LogP contribution >= 0.6 is 0 Å². The largest absolute Gasteiger partial charge is 0.456 e. The van der Waals surface area contributed by atoms with Gasteiger partial charge in [0.15, 0.2) is 0 Å². The highest BCUT2D eigenvalue weighted by atomic mass is 16.3. The predicted molar refractivity (Wildman–Crippen MR) is 214 cm³/mol. The third kappa shape index (κ3) is 6.00. The van der Waals surface area contributed by atoms with Crippen molar-refractivity contribution in [2.45, 2.75) is 12.8 Å². The Morgan fingerprint density at radius 3 is 1.24 bits per heavy atom. The molecule has 244 valence electrons. The van der Waals surface area contributed by atoms with Crippen molar-refractivity contribution in [2.24, 2.45) is 0 Å². The molecule has 1 heterocycles. The number of fused-ring (bicyclic) bond motifs is 3. The second-order valence-corrected chi connectivity index (χ2v) is 12.9. The van der Waals surface area contributed by atoms with Crippen LogP contribution in [0.5, 0.6) is 0 Å². The Morgan fingerprint density at radius 1 is 0.373 bits per heavy atom. The highest BCUT2D eigenvalue weighted by Gasteiger charge is 2.16. The molecule has 3 nitrogen and oxygen atoms in total. The lowest BCUT2D eigenvalue weighted by Gasteiger charge is -2.27. The van der Waals surface area contributed by atoms with Crippen molar-refractivity contribution < 1.29 is 4.42 Å². The van der Waals surface area contributed by atoms with Crippen molar-refractivity contribution >= 4 is 50.4 Å². The van der Waals surface area contributed by atoms with Gasteiger partial charge in [-0.05, 0) is 126 Å². The molecule has 9 rings (SSSR count). The number of hydrogen-bond acceptors (Lipinski definition) is 3. The number of furan rings is 1. The van der Waals surface area contributed by atoms with Crippen molar-refractivity contribution in [3.63, 3.8) is 0 Å². The standard InChI is InChI=1S/C48H36N2O/c1-5-13-39(14-6-1)49(40-15-7-2-8-16-40)43-27-21-35(22-28-43)37-25-31-47-45(33-37)46-34-38(26-32-48(46)51-47)36-23-29-44(30-24-36)50(41-17-9-3-10-18-41)42-19-11-4-12-20-42/h1-3,5-11,13-34H,4,12H2. The maximum atomic E-state index is 6.32. The second-order valence-electron chi connectivity index (χ2n) is 12.9. The molecule has 0 aliphatic heterocycles. The van der Waals surface area contributed by atoms with E-state index in [4.69, 9.17) is 4.42 Å². The lowest BCUT2D eigenvalue weighted by Crippen LogP contribution is -2.16. The van der Waals surface area contributed by atoms with Crippen molar-refractivity contribution in [1.29, 1.82) is 0 Å². The van der Waals surface area contributed by atoms with Gasteiger partial charge in [-0.25, -0.2) is 0 Å². The fourth-order valence-corrected chi connectivity index (χ4v) is 7.13. The molecule has 7 aromatic carbocycles. The van der Waals surface area contributed by atoms with E-state index in [0.717, 1.165) is 79.9 Å². The fraction of sp³-hybridized carbons (Fsp3) is 0.0417. The minimum absolute atomic E-state index is 0.893. The lowest BCUT2D eigenvalue weighted by molar-refractivity contribution is 0.669. The van der Waals surface area contributed by atoms with E-state index in [9.17, 15) is 0 Å². The van der Waals surface area contributed by atoms with Crippen LogP contribution in [0.25, 0.3) is 44.2 Å². The summed E-state index contributed by atoms with van der Waals surface area (Å²) in [7, 11) is 0. The van der Waals surface area contributed by atoms with Gasteiger partial charge in [0, 0.05) is 44.9 Å². The first-order valence-corrected chi connectivity index (χ1v) is 17.6. The first-order chi connectivity index (χ1) is 25.3. The molecule has 1 aliphatic rings. The Kier molecular flexibility index (Phi) is 7.99. The van der Waals surface area contributed by atoms with Gasteiger partial charge >= 0.3 is 0 Å². The minimum atomic E-state index is 0.893. The molecule has 0 saturated heterocycles. The van der Waals surface area contributed by atoms with E-state index in [1.54, 1.807) is 0 Å². The number of hydrogen-bond donors (Lipinski definition) is 0. The Balaban J connectivity index is 1.03. The summed E-state index contributed by atoms with van der Waals surface area (Å²) in [4.78, 5) is 4.62. The topological polar surface area (TPSA) is 19.6 Å². The summed E-state index contributed by atoms with van der Waals surface area (Å²) >= 11 is 0. The van der Waals surface area contributed by atoms with Crippen LogP contribution in [0.3, 0.4) is 0 Å². The van der Waals surface area contributed by atoms with E-state index in [1.807, 2.05) is 0 Å². The van der Waals surface area contributed by atoms with Gasteiger partial charge < -0.3 is 14.2 Å². The van der Waals surface area contributed by atoms with Crippen LogP contribution in [-0.2, 0) is 0 Å². The Hall–Kier alpha value is -6.58. The number of para-hydroxylation sites is 3. The zero-order chi connectivity index (χ0) is 34.0. The molecule has 0 atom stereocenters. The number of nitrogens with zero attached hydrogens (tertiary/aromatic N) is 2. The molecule has 51 heavy (non-hydrogen) atoms. The molecule has 0 fully saturated rings. The number of benzene rings is 7. The zero-order valence-corrected chi connectivity index (χ0v) is 28.2. The Morgan fingerprint density at radius 2 is 0.784 bits per heavy atom. The monoisotopic (exact) mass is 656 g/mol. The average Bonchev–Trinajstić information content (AvgIpc) is 3.58. The SMILES string of the molecule is C1=CC(N(c2ccccc2)c2ccc(-c3ccc4oc5ccc(-c6ccc(N(c7ccccc7)c7ccccc7)cc6)cc5c4c3)cc2)=CCC1. The van der Waals surface area contributed by atoms with E-state index < -0.39 is 0 Å². The number of rotatable bonds is 8. The summed E-state index contributed by atoms with van der Waals surface area (Å²) < 4.78 is 6.32. The van der Waals surface area contributed by atoms with Crippen LogP contribution in [0.4, 0.5) is 28.4 Å². The van der Waals surface area contributed by atoms with Gasteiger partial charge in [-0.3, -0.25) is 0 Å². The first-order valence-electron chi connectivity index (χ1n) is 17.6. The molecular weight excluding hydrogens is 621 g/mol. The summed E-state index contributed by atoms with van der Waals surface area (Å²) in [6, 6.07) is 62.4. The molecule has 0 N–H and O–H groups in total. The molecule has 0 saturated carbocycles. The number of anilines is 5. The van der Waals surface area contributed by atoms with Crippen LogP contribution in [0.2, 0.25) is 0 Å². The highest BCUT2D eigenvalue weighted by molar-refractivity contribution is 6.07. The molecule has 8 aromatic rings. The minimum Gasteiger partial charge on any atom is -0.456 e. The molecule has 0 spiro atoms. The van der Waals surface area contributed by atoms with Crippen molar-refractivity contribution in [2.75, 3.05) is 9.80 Å². The third-order valence-corrected chi connectivity index (χ3v) is 9.66. The molecular formula is C48H36N2O. The molecule has 1 aromatic heterocycles. The van der Waals surface area contributed by atoms with E-state index >= 15 is 0 Å². The van der Waals surface area contributed by atoms with Gasteiger partial charge in [0.1, 0.15) is 11.2 Å². The highest BCUT2D eigenvalue weighted by Crippen LogP contribution is 2.39. The van der Waals surface area contributed by atoms with Gasteiger partial charge in [-0.1, -0.05) is 103 Å². The maximum absolute atomic E-state index is 6.32. The molecule has 0 bridgehead atoms. The van der Waals surface area contributed by atoms with Crippen LogP contribution < -0.4 is 9.80 Å². The van der Waals surface area contributed by atoms with Crippen molar-refractivity contribution in [3.05, 3.63) is 200 Å². The van der Waals surface area contributed by atoms with Crippen LogP contribution in [0.1, 0.15) is 12.8 Å². The zero-order valence-electron chi connectivity index (χ0n) is 28.2. The van der Waals surface area contributed by atoms with Crippen molar-refractivity contribution in [3.8, 4) is 22.3 Å². The molecule has 1 aliphatic carbocycles. The quantitative estimate of drug-likeness (QED) is 0.162. The summed E-state index contributed by atoms with van der Waals surface area (Å²) in [5, 5.41) is 2.24. The molecule has 0 amide bonds. The second kappa shape index (κ2) is 13.4. The Labute approximate surface area is 298 Å². The van der Waals surface area contributed by atoms with Gasteiger partial charge in [0.2, 0.25) is 0 Å². The predicted octanol–water partition coefficient (Wildman–Crippen LogP) is 13.8. The van der Waals surface area contributed by atoms with Gasteiger partial charge in [0.05, 0.1) is 0 Å².